The molecule has 0 aliphatic heterocycles. The summed E-state index contributed by atoms with van der Waals surface area (Å²) in [5.74, 6) is 0.746. The van der Waals surface area contributed by atoms with Crippen molar-refractivity contribution in [3.8, 4) is 0 Å². The Morgan fingerprint density at radius 1 is 1.17 bits per heavy atom. The molecule has 1 amide bonds. The number of thiophene rings is 1. The molecule has 0 bridgehead atoms. The Kier molecular flexibility index (Phi) is 5.74. The van der Waals surface area contributed by atoms with Crippen LogP contribution < -0.4 is 10.9 Å². The Morgan fingerprint density at radius 3 is 2.67 bits per heavy atom. The van der Waals surface area contributed by atoms with Crippen molar-refractivity contribution in [1.29, 1.82) is 0 Å². The van der Waals surface area contributed by atoms with Crippen molar-refractivity contribution in [2.45, 2.75) is 33.6 Å². The fourth-order valence-electron chi connectivity index (χ4n) is 3.17. The quantitative estimate of drug-likeness (QED) is 0.469. The number of H-pyrrole nitrogens is 1. The molecule has 0 aliphatic carbocycles. The normalized spacial score (nSPS) is 11.3. The molecule has 0 fully saturated rings. The smallest absolute Gasteiger partial charge is 0.267 e. The van der Waals surface area contributed by atoms with Gasteiger partial charge in [-0.25, -0.2) is 4.98 Å². The number of benzene rings is 1. The highest BCUT2D eigenvalue weighted by atomic mass is 32.1. The SMILES string of the molecule is Cc1c(C(=O)Nc2nnc(CC(C)C)s2)sc2nc(Cc3ccccc3)[nH]c(=O)c12. The first-order valence-electron chi connectivity index (χ1n) is 9.60. The number of nitrogens with zero attached hydrogens (tertiary/aromatic N) is 3. The van der Waals surface area contributed by atoms with Crippen LogP contribution in [0.3, 0.4) is 0 Å². The van der Waals surface area contributed by atoms with Crippen molar-refractivity contribution in [3.63, 3.8) is 0 Å². The highest BCUT2D eigenvalue weighted by Crippen LogP contribution is 2.28. The second-order valence-corrected chi connectivity index (χ2v) is 9.53. The van der Waals surface area contributed by atoms with E-state index in [-0.39, 0.29) is 11.5 Å². The summed E-state index contributed by atoms with van der Waals surface area (Å²) in [7, 11) is 0. The van der Waals surface area contributed by atoms with Crippen LogP contribution in [0.2, 0.25) is 0 Å². The molecule has 0 saturated heterocycles. The first-order valence-corrected chi connectivity index (χ1v) is 11.2. The number of rotatable bonds is 6. The van der Waals surface area contributed by atoms with Gasteiger partial charge in [-0.1, -0.05) is 55.5 Å². The summed E-state index contributed by atoms with van der Waals surface area (Å²) in [6, 6.07) is 9.81. The number of carbonyl (C=O) groups is 1. The number of anilines is 1. The molecular formula is C21H21N5O2S2. The van der Waals surface area contributed by atoms with E-state index in [1.54, 1.807) is 6.92 Å². The maximum absolute atomic E-state index is 12.8. The van der Waals surface area contributed by atoms with Crippen LogP contribution in [0.1, 0.15) is 45.5 Å². The Labute approximate surface area is 181 Å². The number of carbonyl (C=O) groups excluding carboxylic acids is 1. The standard InChI is InChI=1S/C21H21N5O2S2/c1-11(2)9-15-25-26-21(29-15)24-19(28)17-12(3)16-18(27)22-14(23-20(16)30-17)10-13-7-5-4-6-8-13/h4-8,11H,9-10H2,1-3H3,(H,22,23,27)(H,24,26,28). The summed E-state index contributed by atoms with van der Waals surface area (Å²) in [5.41, 5.74) is 1.45. The van der Waals surface area contributed by atoms with Crippen LogP contribution in [0.4, 0.5) is 5.13 Å². The van der Waals surface area contributed by atoms with Gasteiger partial charge in [0.05, 0.1) is 10.3 Å². The van der Waals surface area contributed by atoms with Gasteiger partial charge in [0.15, 0.2) is 0 Å². The maximum atomic E-state index is 12.8. The lowest BCUT2D eigenvalue weighted by Crippen LogP contribution is -2.13. The lowest BCUT2D eigenvalue weighted by Gasteiger charge is -2.01. The second-order valence-electron chi connectivity index (χ2n) is 7.46. The van der Waals surface area contributed by atoms with Crippen LogP contribution in [0, 0.1) is 12.8 Å². The number of nitrogens with one attached hydrogen (secondary N) is 2. The third-order valence-electron chi connectivity index (χ3n) is 4.54. The minimum absolute atomic E-state index is 0.228. The summed E-state index contributed by atoms with van der Waals surface area (Å²) in [5, 5.41) is 12.8. The largest absolute Gasteiger partial charge is 0.310 e. The van der Waals surface area contributed by atoms with E-state index in [1.807, 2.05) is 30.3 Å². The number of hydrogen-bond donors (Lipinski definition) is 2. The molecule has 0 saturated carbocycles. The van der Waals surface area contributed by atoms with E-state index >= 15 is 0 Å². The van der Waals surface area contributed by atoms with Gasteiger partial charge in [0, 0.05) is 12.8 Å². The molecule has 30 heavy (non-hydrogen) atoms. The van der Waals surface area contributed by atoms with Gasteiger partial charge in [0.25, 0.3) is 11.5 Å². The van der Waals surface area contributed by atoms with Crippen molar-refractivity contribution in [2.75, 3.05) is 5.32 Å². The third kappa shape index (κ3) is 4.31. The minimum Gasteiger partial charge on any atom is -0.310 e. The van der Waals surface area contributed by atoms with E-state index in [4.69, 9.17) is 0 Å². The van der Waals surface area contributed by atoms with Crippen molar-refractivity contribution in [1.82, 2.24) is 20.2 Å². The van der Waals surface area contributed by atoms with Crippen molar-refractivity contribution >= 4 is 43.9 Å². The van der Waals surface area contributed by atoms with Gasteiger partial charge >= 0.3 is 0 Å². The molecule has 0 unspecified atom stereocenters. The van der Waals surface area contributed by atoms with Crippen LogP contribution in [0.25, 0.3) is 10.2 Å². The second kappa shape index (κ2) is 8.45. The highest BCUT2D eigenvalue weighted by molar-refractivity contribution is 7.21. The number of aromatic amines is 1. The van der Waals surface area contributed by atoms with E-state index in [2.05, 4.69) is 39.3 Å². The number of aryl methyl sites for hydroxylation is 1. The van der Waals surface area contributed by atoms with Crippen LogP contribution in [-0.4, -0.2) is 26.1 Å². The fraction of sp³-hybridized carbons (Fsp3) is 0.286. The average molecular weight is 440 g/mol. The third-order valence-corrected chi connectivity index (χ3v) is 6.59. The van der Waals surface area contributed by atoms with Crippen LogP contribution >= 0.6 is 22.7 Å². The minimum atomic E-state index is -0.299. The summed E-state index contributed by atoms with van der Waals surface area (Å²) >= 11 is 2.59. The molecule has 0 radical (unpaired) electrons. The molecular weight excluding hydrogens is 418 g/mol. The molecule has 3 heterocycles. The molecule has 4 aromatic rings. The highest BCUT2D eigenvalue weighted by Gasteiger charge is 2.20. The Morgan fingerprint density at radius 2 is 1.93 bits per heavy atom. The Hall–Kier alpha value is -2.91. The zero-order valence-corrected chi connectivity index (χ0v) is 18.5. The Bertz CT molecular complexity index is 1260. The predicted molar refractivity (Wildman–Crippen MR) is 121 cm³/mol. The van der Waals surface area contributed by atoms with E-state index in [0.717, 1.165) is 17.0 Å². The van der Waals surface area contributed by atoms with Crippen molar-refractivity contribution < 1.29 is 4.79 Å². The van der Waals surface area contributed by atoms with E-state index < -0.39 is 0 Å². The van der Waals surface area contributed by atoms with Crippen LogP contribution in [0.15, 0.2) is 35.1 Å². The van der Waals surface area contributed by atoms with Gasteiger partial charge in [-0.3, -0.25) is 14.9 Å². The molecule has 0 spiro atoms. The first kappa shape index (κ1) is 20.4. The van der Waals surface area contributed by atoms with Crippen molar-refractivity contribution in [3.05, 3.63) is 67.5 Å². The zero-order valence-electron chi connectivity index (χ0n) is 16.9. The summed E-state index contributed by atoms with van der Waals surface area (Å²) < 4.78 is 0. The maximum Gasteiger partial charge on any atom is 0.267 e. The number of aromatic nitrogens is 4. The van der Waals surface area contributed by atoms with E-state index in [9.17, 15) is 9.59 Å². The molecule has 4 rings (SSSR count). The topological polar surface area (TPSA) is 101 Å². The molecule has 7 nitrogen and oxygen atoms in total. The Balaban J connectivity index is 1.60. The lowest BCUT2D eigenvalue weighted by atomic mass is 10.1. The van der Waals surface area contributed by atoms with Gasteiger partial charge in [-0.05, 0) is 24.0 Å². The van der Waals surface area contributed by atoms with Gasteiger partial charge in [-0.2, -0.15) is 0 Å². The van der Waals surface area contributed by atoms with Crippen LogP contribution in [-0.2, 0) is 12.8 Å². The number of fused-ring (bicyclic) bond motifs is 1. The van der Waals surface area contributed by atoms with Crippen LogP contribution in [0.5, 0.6) is 0 Å². The van der Waals surface area contributed by atoms with Gasteiger partial charge in [-0.15, -0.1) is 21.5 Å². The molecule has 0 atom stereocenters. The van der Waals surface area contributed by atoms with Gasteiger partial charge in [0.1, 0.15) is 15.7 Å². The van der Waals surface area contributed by atoms with Crippen molar-refractivity contribution in [2.24, 2.45) is 5.92 Å². The summed E-state index contributed by atoms with van der Waals surface area (Å²) in [4.78, 5) is 34.0. The lowest BCUT2D eigenvalue weighted by molar-refractivity contribution is 0.103. The molecule has 154 valence electrons. The number of amides is 1. The zero-order chi connectivity index (χ0) is 21.3. The fourth-order valence-corrected chi connectivity index (χ4v) is 5.21. The molecule has 9 heteroatoms. The van der Waals surface area contributed by atoms with E-state index in [0.29, 0.717) is 44.0 Å². The summed E-state index contributed by atoms with van der Waals surface area (Å²) in [6.45, 7) is 5.99. The van der Waals surface area contributed by atoms with E-state index in [1.165, 1.54) is 22.7 Å². The first-order chi connectivity index (χ1) is 14.4. The average Bonchev–Trinajstić information content (AvgIpc) is 3.26. The van der Waals surface area contributed by atoms with Gasteiger partial charge in [0.2, 0.25) is 5.13 Å². The molecule has 0 aliphatic rings. The summed E-state index contributed by atoms with van der Waals surface area (Å²) in [6.07, 6.45) is 1.34. The number of hydrogen-bond acceptors (Lipinski definition) is 7. The molecule has 3 aromatic heterocycles. The molecule has 2 N–H and O–H groups in total. The monoisotopic (exact) mass is 439 g/mol. The van der Waals surface area contributed by atoms with Gasteiger partial charge < -0.3 is 4.98 Å². The molecule has 1 aromatic carbocycles. The predicted octanol–water partition coefficient (Wildman–Crippen LogP) is 4.19.